The van der Waals surface area contributed by atoms with E-state index in [4.69, 9.17) is 15.6 Å². The van der Waals surface area contributed by atoms with E-state index in [1.165, 1.54) is 18.7 Å². The predicted octanol–water partition coefficient (Wildman–Crippen LogP) is 1.79. The van der Waals surface area contributed by atoms with Crippen LogP contribution >= 0.6 is 0 Å². The molecular formula is C43H57F3N8O10. The van der Waals surface area contributed by atoms with E-state index in [-0.39, 0.29) is 29.8 Å². The standard InChI is InChI=1S/C41H56N8O8.C2HF3O2/c1-6-12-30(47-33(50)22-45-39(55)31(21-23(2)3)48-38(54)25(5)46-37(53)24(4)42)41(57)49-20-10-17-32(49)40(56)44-19-11-18-43-29-16-9-15-28-34(29)36(52)27-14-8-7-13-26(27)35(28)51;3-2(4,5)1(6)7/h7-9,13-16,23-25,30-32,43H,6,10-12,17-22,42H2,1-5H3,(H,44,56)(H,45,55)(H,46,53)(H,47,50)(H,48,54);(H,6,7)/t24-,25-,30-,31-,32-;/m0./s1. The lowest BCUT2D eigenvalue weighted by Crippen LogP contribution is -2.56. The molecule has 4 rings (SSSR count). The van der Waals surface area contributed by atoms with Crippen molar-refractivity contribution in [1.29, 1.82) is 0 Å². The van der Waals surface area contributed by atoms with Crippen LogP contribution in [0.1, 0.15) is 105 Å². The SMILES string of the molecule is CCC[C@H](NC(=O)CNC(=O)[C@H](CC(C)C)NC(=O)[C@H](C)NC(=O)[C@H](C)N)C(=O)N1CCC[C@H]1C(=O)NCCCNc1cccc2c1C(=O)c1ccccc1C2=O.O=C(O)C(F)(F)F. The Kier molecular flexibility index (Phi) is 19.4. The van der Waals surface area contributed by atoms with Crippen LogP contribution in [0.5, 0.6) is 0 Å². The van der Waals surface area contributed by atoms with Gasteiger partial charge in [-0.05, 0) is 57.9 Å². The number of nitrogens with one attached hydrogen (secondary N) is 6. The van der Waals surface area contributed by atoms with E-state index >= 15 is 0 Å². The third kappa shape index (κ3) is 14.6. The van der Waals surface area contributed by atoms with Crippen molar-refractivity contribution in [3.05, 3.63) is 64.7 Å². The molecule has 2 aromatic rings. The molecule has 64 heavy (non-hydrogen) atoms. The van der Waals surface area contributed by atoms with E-state index < -0.39 is 78.4 Å². The maximum absolute atomic E-state index is 13.7. The first kappa shape index (κ1) is 52.0. The minimum atomic E-state index is -5.08. The molecule has 1 heterocycles. The number of amides is 6. The second-order valence-corrected chi connectivity index (χ2v) is 15.8. The zero-order chi connectivity index (χ0) is 47.9. The first-order valence-electron chi connectivity index (χ1n) is 21.0. The maximum atomic E-state index is 13.7. The number of fused-ring (bicyclic) bond motifs is 2. The predicted molar refractivity (Wildman–Crippen MR) is 227 cm³/mol. The molecule has 5 atom stereocenters. The molecule has 350 valence electrons. The second kappa shape index (κ2) is 23.9. The van der Waals surface area contributed by atoms with Gasteiger partial charge in [0.25, 0.3) is 0 Å². The molecule has 1 saturated heterocycles. The van der Waals surface area contributed by atoms with Crippen molar-refractivity contribution >= 4 is 58.7 Å². The highest BCUT2D eigenvalue weighted by Crippen LogP contribution is 2.32. The van der Waals surface area contributed by atoms with Gasteiger partial charge >= 0.3 is 12.1 Å². The average molecular weight is 903 g/mol. The van der Waals surface area contributed by atoms with Crippen LogP contribution in [0.3, 0.4) is 0 Å². The van der Waals surface area contributed by atoms with Gasteiger partial charge in [-0.15, -0.1) is 0 Å². The number of nitrogens with two attached hydrogens (primary N) is 1. The summed E-state index contributed by atoms with van der Waals surface area (Å²) in [5.41, 5.74) is 7.53. The number of ketones is 2. The average Bonchev–Trinajstić information content (AvgIpc) is 3.74. The van der Waals surface area contributed by atoms with Crippen LogP contribution in [0.4, 0.5) is 18.9 Å². The Bertz CT molecular complexity index is 2060. The lowest BCUT2D eigenvalue weighted by Gasteiger charge is -2.29. The number of anilines is 1. The van der Waals surface area contributed by atoms with Gasteiger partial charge in [-0.3, -0.25) is 38.4 Å². The minimum absolute atomic E-state index is 0.0106. The number of carbonyl (C=O) groups is 9. The number of hydrogen-bond acceptors (Lipinski definition) is 11. The highest BCUT2D eigenvalue weighted by Gasteiger charge is 2.39. The fourth-order valence-corrected chi connectivity index (χ4v) is 6.93. The number of hydrogen-bond donors (Lipinski definition) is 8. The first-order chi connectivity index (χ1) is 30.1. The number of nitrogens with zero attached hydrogens (tertiary/aromatic N) is 1. The summed E-state index contributed by atoms with van der Waals surface area (Å²) >= 11 is 0. The topological polar surface area (TPSA) is 275 Å². The van der Waals surface area contributed by atoms with Crippen molar-refractivity contribution in [2.45, 2.75) is 110 Å². The second-order valence-electron chi connectivity index (χ2n) is 15.8. The van der Waals surface area contributed by atoms with E-state index in [9.17, 15) is 51.5 Å². The summed E-state index contributed by atoms with van der Waals surface area (Å²) in [4.78, 5) is 115. The molecule has 6 amide bonds. The quantitative estimate of drug-likeness (QED) is 0.0801. The Labute approximate surface area is 368 Å². The van der Waals surface area contributed by atoms with Crippen molar-refractivity contribution in [2.75, 3.05) is 31.5 Å². The molecule has 21 heteroatoms. The summed E-state index contributed by atoms with van der Waals surface area (Å²) in [5.74, 6) is -6.18. The zero-order valence-electron chi connectivity index (χ0n) is 36.4. The van der Waals surface area contributed by atoms with Gasteiger partial charge < -0.3 is 47.6 Å². The normalized spacial score (nSPS) is 16.1. The zero-order valence-corrected chi connectivity index (χ0v) is 36.4. The van der Waals surface area contributed by atoms with E-state index in [1.54, 1.807) is 42.5 Å². The number of rotatable bonds is 19. The van der Waals surface area contributed by atoms with Gasteiger partial charge in [-0.1, -0.05) is 63.6 Å². The van der Waals surface area contributed by atoms with Gasteiger partial charge in [-0.2, -0.15) is 13.2 Å². The van der Waals surface area contributed by atoms with Crippen molar-refractivity contribution in [3.63, 3.8) is 0 Å². The molecular weight excluding hydrogens is 846 g/mol. The Hall–Kier alpha value is -6.38. The third-order valence-corrected chi connectivity index (χ3v) is 10.1. The summed E-state index contributed by atoms with van der Waals surface area (Å²) in [5, 5.41) is 23.6. The maximum Gasteiger partial charge on any atom is 0.490 e. The van der Waals surface area contributed by atoms with Gasteiger partial charge in [0.1, 0.15) is 24.2 Å². The fourth-order valence-electron chi connectivity index (χ4n) is 6.93. The molecule has 1 fully saturated rings. The molecule has 0 spiro atoms. The number of aliphatic carboxylic acids is 1. The lowest BCUT2D eigenvalue weighted by atomic mass is 9.83. The summed E-state index contributed by atoms with van der Waals surface area (Å²) < 4.78 is 31.7. The Morgan fingerprint density at radius 1 is 0.812 bits per heavy atom. The molecule has 0 saturated carbocycles. The summed E-state index contributed by atoms with van der Waals surface area (Å²) in [6.07, 6.45) is -2.36. The molecule has 0 unspecified atom stereocenters. The lowest BCUT2D eigenvalue weighted by molar-refractivity contribution is -0.192. The molecule has 18 nitrogen and oxygen atoms in total. The van der Waals surface area contributed by atoms with Crippen LogP contribution in [0.2, 0.25) is 0 Å². The molecule has 2 aliphatic rings. The highest BCUT2D eigenvalue weighted by molar-refractivity contribution is 6.30. The van der Waals surface area contributed by atoms with Crippen molar-refractivity contribution in [2.24, 2.45) is 11.7 Å². The number of carbonyl (C=O) groups excluding carboxylic acids is 8. The van der Waals surface area contributed by atoms with E-state index in [1.807, 2.05) is 20.8 Å². The molecule has 1 aliphatic heterocycles. The molecule has 1 aliphatic carbocycles. The van der Waals surface area contributed by atoms with E-state index in [0.29, 0.717) is 79.7 Å². The fraction of sp³-hybridized carbons (Fsp3) is 0.512. The van der Waals surface area contributed by atoms with Gasteiger partial charge in [0.15, 0.2) is 11.6 Å². The van der Waals surface area contributed by atoms with Crippen LogP contribution in [0, 0.1) is 5.92 Å². The van der Waals surface area contributed by atoms with Crippen LogP contribution in [-0.4, -0.2) is 126 Å². The minimum Gasteiger partial charge on any atom is -0.475 e. The number of carboxylic acid groups (broad SMARTS) is 1. The van der Waals surface area contributed by atoms with E-state index in [2.05, 4.69) is 31.9 Å². The summed E-state index contributed by atoms with van der Waals surface area (Å²) in [6, 6.07) is 7.48. The van der Waals surface area contributed by atoms with Crippen LogP contribution in [-0.2, 0) is 33.6 Å². The molecule has 2 aromatic carbocycles. The van der Waals surface area contributed by atoms with E-state index in [0.717, 1.165) is 0 Å². The van der Waals surface area contributed by atoms with Crippen molar-refractivity contribution in [1.82, 2.24) is 31.5 Å². The number of alkyl halides is 3. The monoisotopic (exact) mass is 902 g/mol. The molecule has 0 aromatic heterocycles. The Balaban J connectivity index is 0.00000143. The van der Waals surface area contributed by atoms with Gasteiger partial charge in [0.05, 0.1) is 18.2 Å². The van der Waals surface area contributed by atoms with Crippen LogP contribution in [0.25, 0.3) is 0 Å². The number of likely N-dealkylation sites (tertiary alicyclic amines) is 1. The van der Waals surface area contributed by atoms with Crippen LogP contribution < -0.4 is 37.6 Å². The van der Waals surface area contributed by atoms with Gasteiger partial charge in [0.2, 0.25) is 35.4 Å². The number of halogens is 3. The van der Waals surface area contributed by atoms with Gasteiger partial charge in [0, 0.05) is 42.0 Å². The van der Waals surface area contributed by atoms with Crippen LogP contribution in [0.15, 0.2) is 42.5 Å². The Morgan fingerprint density at radius 3 is 2.03 bits per heavy atom. The smallest absolute Gasteiger partial charge is 0.475 e. The van der Waals surface area contributed by atoms with Gasteiger partial charge in [-0.25, -0.2) is 4.79 Å². The molecule has 0 radical (unpaired) electrons. The number of carboxylic acids is 1. The summed E-state index contributed by atoms with van der Waals surface area (Å²) in [7, 11) is 0. The molecule has 9 N–H and O–H groups in total. The largest absolute Gasteiger partial charge is 0.490 e. The van der Waals surface area contributed by atoms with Crippen molar-refractivity contribution < 1.29 is 61.4 Å². The number of benzene rings is 2. The van der Waals surface area contributed by atoms with Crippen molar-refractivity contribution in [3.8, 4) is 0 Å². The Morgan fingerprint density at radius 2 is 1.44 bits per heavy atom. The first-order valence-corrected chi connectivity index (χ1v) is 21.0. The summed E-state index contributed by atoms with van der Waals surface area (Å²) in [6.45, 7) is 9.16. The highest BCUT2D eigenvalue weighted by atomic mass is 19.4. The third-order valence-electron chi connectivity index (χ3n) is 10.1. The molecule has 0 bridgehead atoms.